The largest absolute Gasteiger partial charge is 0.328 e. The first-order valence-electron chi connectivity index (χ1n) is 12.2. The van der Waals surface area contributed by atoms with Crippen molar-refractivity contribution >= 4 is 5.57 Å². The first kappa shape index (κ1) is 24.4. The molecule has 0 bridgehead atoms. The van der Waals surface area contributed by atoms with Crippen LogP contribution >= 0.6 is 0 Å². The zero-order chi connectivity index (χ0) is 21.8. The Bertz CT molecular complexity index is 740. The number of allylic oxidation sites excluding steroid dienone is 1. The van der Waals surface area contributed by atoms with Crippen LogP contribution in [0.25, 0.3) is 5.57 Å². The normalized spacial score (nSPS) is 15.5. The molecule has 164 valence electrons. The third-order valence-corrected chi connectivity index (χ3v) is 6.27. The molecule has 2 N–H and O–H groups in total. The Kier molecular flexibility index (Phi) is 10.9. The van der Waals surface area contributed by atoms with Gasteiger partial charge in [-0.05, 0) is 78.7 Å². The zero-order valence-electron chi connectivity index (χ0n) is 19.6. The molecule has 1 heteroatoms. The Balaban J connectivity index is 0.000000343. The Morgan fingerprint density at radius 3 is 2.20 bits per heavy atom. The predicted octanol–water partition coefficient (Wildman–Crippen LogP) is 7.76. The summed E-state index contributed by atoms with van der Waals surface area (Å²) in [5.74, 6) is 0.702. The highest BCUT2D eigenvalue weighted by atomic mass is 14.6. The van der Waals surface area contributed by atoms with Crippen molar-refractivity contribution in [3.8, 4) is 0 Å². The van der Waals surface area contributed by atoms with Gasteiger partial charge >= 0.3 is 0 Å². The van der Waals surface area contributed by atoms with Gasteiger partial charge in [-0.15, -0.1) is 0 Å². The summed E-state index contributed by atoms with van der Waals surface area (Å²) in [6.45, 7) is 11.0. The molecule has 0 fully saturated rings. The van der Waals surface area contributed by atoms with Gasteiger partial charge < -0.3 is 5.73 Å². The van der Waals surface area contributed by atoms with E-state index >= 15 is 0 Å². The second-order valence-corrected chi connectivity index (χ2v) is 8.86. The molecule has 0 amide bonds. The van der Waals surface area contributed by atoms with Gasteiger partial charge in [-0.3, -0.25) is 0 Å². The summed E-state index contributed by atoms with van der Waals surface area (Å²) in [5, 5.41) is 0. The highest BCUT2D eigenvalue weighted by Crippen LogP contribution is 2.37. The Hall–Kier alpha value is -1.86. The zero-order valence-corrected chi connectivity index (χ0v) is 19.6. The molecule has 0 saturated heterocycles. The van der Waals surface area contributed by atoms with E-state index in [-0.39, 0.29) is 0 Å². The lowest BCUT2D eigenvalue weighted by atomic mass is 9.77. The van der Waals surface area contributed by atoms with Crippen molar-refractivity contribution in [2.45, 2.75) is 91.0 Å². The fraction of sp³-hybridized carbons (Fsp3) is 0.517. The molecule has 1 unspecified atom stereocenters. The van der Waals surface area contributed by atoms with E-state index in [2.05, 4.69) is 75.9 Å². The Morgan fingerprint density at radius 2 is 1.57 bits per heavy atom. The van der Waals surface area contributed by atoms with Crippen molar-refractivity contribution < 1.29 is 0 Å². The number of aryl methyl sites for hydroxylation is 3. The van der Waals surface area contributed by atoms with Crippen molar-refractivity contribution in [1.29, 1.82) is 0 Å². The smallest absolute Gasteiger partial charge is 0.00386 e. The molecular formula is C29H43N. The summed E-state index contributed by atoms with van der Waals surface area (Å²) in [6, 6.07) is 18.3. The average Bonchev–Trinajstić information content (AvgIpc) is 2.76. The summed E-state index contributed by atoms with van der Waals surface area (Å²) in [7, 11) is 0. The summed E-state index contributed by atoms with van der Waals surface area (Å²) in [5.41, 5.74) is 12.9. The molecule has 30 heavy (non-hydrogen) atoms. The van der Waals surface area contributed by atoms with Gasteiger partial charge in [0.15, 0.2) is 0 Å². The molecule has 0 spiro atoms. The van der Waals surface area contributed by atoms with Crippen LogP contribution in [0.3, 0.4) is 0 Å². The van der Waals surface area contributed by atoms with E-state index in [0.717, 1.165) is 12.8 Å². The molecule has 0 aromatic heterocycles. The lowest BCUT2D eigenvalue weighted by molar-refractivity contribution is 0.539. The van der Waals surface area contributed by atoms with Crippen LogP contribution in [0, 0.1) is 5.92 Å². The maximum Gasteiger partial charge on any atom is 0.00386 e. The van der Waals surface area contributed by atoms with E-state index < -0.39 is 0 Å². The Labute approximate surface area is 185 Å². The number of fused-ring (bicyclic) bond motifs is 1. The van der Waals surface area contributed by atoms with Crippen LogP contribution in [0.5, 0.6) is 0 Å². The molecule has 3 rings (SSSR count). The van der Waals surface area contributed by atoms with E-state index in [0.29, 0.717) is 12.0 Å². The lowest BCUT2D eigenvalue weighted by Gasteiger charge is -2.27. The molecular weight excluding hydrogens is 362 g/mol. The monoisotopic (exact) mass is 405 g/mol. The van der Waals surface area contributed by atoms with E-state index in [1.165, 1.54) is 79.2 Å². The summed E-state index contributed by atoms with van der Waals surface area (Å²) in [6.07, 6.45) is 12.1. The molecule has 1 aliphatic carbocycles. The van der Waals surface area contributed by atoms with Gasteiger partial charge in [0.1, 0.15) is 0 Å². The van der Waals surface area contributed by atoms with Crippen LogP contribution in [0.2, 0.25) is 0 Å². The quantitative estimate of drug-likeness (QED) is 0.453. The standard InChI is InChI=1S/C22H26.C7H17N/c1-3-7-20-13-14-21-16-19(12-15-22(21)17(20)2)11-10-18-8-5-4-6-9-18;1-3-5-7(8)6-4-2/h4-6,8-9,12,15-16,20H,2-3,7,10-11,13-14H2,1H3;7H,3-6,8H2,1-2H3. The summed E-state index contributed by atoms with van der Waals surface area (Å²) < 4.78 is 0. The molecule has 0 aliphatic heterocycles. The SMILES string of the molecule is C=C1c2ccc(CCc3ccccc3)cc2CCC1CCC.CCCC(N)CCC. The minimum Gasteiger partial charge on any atom is -0.328 e. The van der Waals surface area contributed by atoms with Gasteiger partial charge in [-0.25, -0.2) is 0 Å². The van der Waals surface area contributed by atoms with Crippen LogP contribution in [-0.4, -0.2) is 6.04 Å². The molecule has 1 nitrogen and oxygen atoms in total. The molecule has 0 saturated carbocycles. The maximum atomic E-state index is 5.69. The molecule has 1 atom stereocenters. The summed E-state index contributed by atoms with van der Waals surface area (Å²) >= 11 is 0. The Morgan fingerprint density at radius 1 is 0.900 bits per heavy atom. The van der Waals surface area contributed by atoms with Crippen LogP contribution < -0.4 is 5.73 Å². The second kappa shape index (κ2) is 13.4. The molecule has 0 radical (unpaired) electrons. The molecule has 0 heterocycles. The van der Waals surface area contributed by atoms with Gasteiger partial charge in [0.2, 0.25) is 0 Å². The third kappa shape index (κ3) is 7.76. The minimum absolute atomic E-state index is 0.463. The topological polar surface area (TPSA) is 26.0 Å². The fourth-order valence-corrected chi connectivity index (χ4v) is 4.53. The summed E-state index contributed by atoms with van der Waals surface area (Å²) in [4.78, 5) is 0. The van der Waals surface area contributed by atoms with Crippen LogP contribution in [-0.2, 0) is 19.3 Å². The van der Waals surface area contributed by atoms with E-state index in [1.807, 2.05) is 0 Å². The predicted molar refractivity (Wildman–Crippen MR) is 134 cm³/mol. The van der Waals surface area contributed by atoms with Crippen molar-refractivity contribution in [3.63, 3.8) is 0 Å². The maximum absolute atomic E-state index is 5.69. The average molecular weight is 406 g/mol. The second-order valence-electron chi connectivity index (χ2n) is 8.86. The van der Waals surface area contributed by atoms with Gasteiger partial charge in [-0.2, -0.15) is 0 Å². The molecule has 2 aromatic carbocycles. The number of benzene rings is 2. The number of nitrogens with two attached hydrogens (primary N) is 1. The van der Waals surface area contributed by atoms with Gasteiger partial charge in [0, 0.05) is 6.04 Å². The minimum atomic E-state index is 0.463. The van der Waals surface area contributed by atoms with Crippen LogP contribution in [0.1, 0.15) is 88.0 Å². The van der Waals surface area contributed by atoms with Crippen molar-refractivity contribution in [1.82, 2.24) is 0 Å². The van der Waals surface area contributed by atoms with E-state index in [4.69, 9.17) is 5.73 Å². The van der Waals surface area contributed by atoms with Gasteiger partial charge in [0.05, 0.1) is 0 Å². The number of hydrogen-bond acceptors (Lipinski definition) is 1. The fourth-order valence-electron chi connectivity index (χ4n) is 4.53. The third-order valence-electron chi connectivity index (χ3n) is 6.27. The highest BCUT2D eigenvalue weighted by molar-refractivity contribution is 5.70. The number of rotatable bonds is 9. The van der Waals surface area contributed by atoms with Crippen molar-refractivity contribution in [2.24, 2.45) is 11.7 Å². The van der Waals surface area contributed by atoms with Gasteiger partial charge in [0.25, 0.3) is 0 Å². The number of hydrogen-bond donors (Lipinski definition) is 1. The highest BCUT2D eigenvalue weighted by Gasteiger charge is 2.21. The van der Waals surface area contributed by atoms with Crippen LogP contribution in [0.15, 0.2) is 55.1 Å². The van der Waals surface area contributed by atoms with E-state index in [9.17, 15) is 0 Å². The first-order valence-corrected chi connectivity index (χ1v) is 12.2. The molecule has 1 aliphatic rings. The van der Waals surface area contributed by atoms with Crippen molar-refractivity contribution in [3.05, 3.63) is 77.4 Å². The van der Waals surface area contributed by atoms with Gasteiger partial charge in [-0.1, -0.05) is 95.1 Å². The van der Waals surface area contributed by atoms with Crippen molar-refractivity contribution in [2.75, 3.05) is 0 Å². The van der Waals surface area contributed by atoms with E-state index in [1.54, 1.807) is 0 Å². The first-order chi connectivity index (χ1) is 14.6. The van der Waals surface area contributed by atoms with Crippen LogP contribution in [0.4, 0.5) is 0 Å². The lowest BCUT2D eigenvalue weighted by Crippen LogP contribution is -2.18. The molecule has 2 aromatic rings.